The number of hydrogen-bond acceptors (Lipinski definition) is 19. The predicted octanol–water partition coefficient (Wildman–Crippen LogP) is -6.83. The van der Waals surface area contributed by atoms with Crippen molar-refractivity contribution < 1.29 is 58.7 Å². The van der Waals surface area contributed by atoms with Crippen LogP contribution in [0.3, 0.4) is 0 Å². The van der Waals surface area contributed by atoms with Crippen LogP contribution in [-0.2, 0) is 33.4 Å². The summed E-state index contributed by atoms with van der Waals surface area (Å²) in [5.41, 5.74) is 27.9. The van der Waals surface area contributed by atoms with E-state index in [-0.39, 0.29) is 62.5 Å². The van der Waals surface area contributed by atoms with Gasteiger partial charge >= 0.3 is 12.1 Å². The number of rotatable bonds is 25. The van der Waals surface area contributed by atoms with Crippen molar-refractivity contribution in [3.05, 3.63) is 0 Å². The Bertz CT molecular complexity index is 1340. The number of aliphatic hydroxyl groups is 3. The maximum Gasteiger partial charge on any atom is 0.404 e. The number of nitrogens with one attached hydrogen (secondary N) is 6. The molecule has 2 aliphatic rings. The molecule has 56 heavy (non-hydrogen) atoms. The number of hydrogen-bond donors (Lipinski definition) is 15. The number of guanidine groups is 1. The molecule has 1 fully saturated rings. The number of ether oxygens (including phenoxy) is 2. The molecule has 0 aromatic carbocycles. The van der Waals surface area contributed by atoms with Crippen LogP contribution in [0.4, 0.5) is 4.79 Å². The number of aliphatic imine (C=N–C) groups is 1. The van der Waals surface area contributed by atoms with Gasteiger partial charge in [0.05, 0.1) is 6.54 Å². The minimum Gasteiger partial charge on any atom is -0.480 e. The third kappa shape index (κ3) is 17.3. The molecule has 20 N–H and O–H groups in total. The maximum absolute atomic E-state index is 13.3. The second kappa shape index (κ2) is 24.4. The molecule has 0 aliphatic carbocycles. The number of ketones is 1. The van der Waals surface area contributed by atoms with Gasteiger partial charge in [-0.1, -0.05) is 0 Å². The summed E-state index contributed by atoms with van der Waals surface area (Å²) in [5, 5.41) is 57.4. The summed E-state index contributed by atoms with van der Waals surface area (Å²) in [6.07, 6.45) is -6.73. The molecular formula is C32H60N12O12. The molecular weight excluding hydrogens is 744 g/mol. The number of aliphatic hydroxyl groups excluding tert-OH is 3. The van der Waals surface area contributed by atoms with Gasteiger partial charge in [-0.3, -0.25) is 19.2 Å². The number of aliphatic carboxylic acids is 1. The molecule has 11 unspecified atom stereocenters. The summed E-state index contributed by atoms with van der Waals surface area (Å²) in [7, 11) is 0. The fraction of sp³-hybridized carbons (Fsp3) is 0.781. The lowest BCUT2D eigenvalue weighted by atomic mass is 9.95. The van der Waals surface area contributed by atoms with E-state index in [0.717, 1.165) is 0 Å². The van der Waals surface area contributed by atoms with Gasteiger partial charge in [0.1, 0.15) is 49.0 Å². The van der Waals surface area contributed by atoms with Crippen LogP contribution in [0.25, 0.3) is 0 Å². The van der Waals surface area contributed by atoms with Crippen LogP contribution < -0.4 is 60.6 Å². The Balaban J connectivity index is 1.91. The average Bonchev–Trinajstić information content (AvgIpc) is 3.53. The highest BCUT2D eigenvalue weighted by Gasteiger charge is 2.47. The largest absolute Gasteiger partial charge is 0.480 e. The van der Waals surface area contributed by atoms with Gasteiger partial charge in [0.25, 0.3) is 0 Å². The van der Waals surface area contributed by atoms with Gasteiger partial charge < -0.3 is 90.5 Å². The Morgan fingerprint density at radius 2 is 1.62 bits per heavy atom. The number of carbonyl (C=O) groups is 6. The fourth-order valence-corrected chi connectivity index (χ4v) is 6.11. The van der Waals surface area contributed by atoms with Crippen molar-refractivity contribution in [3.8, 4) is 0 Å². The van der Waals surface area contributed by atoms with Gasteiger partial charge in [0.15, 0.2) is 18.2 Å². The van der Waals surface area contributed by atoms with Crippen molar-refractivity contribution in [2.75, 3.05) is 32.8 Å². The highest BCUT2D eigenvalue weighted by atomic mass is 16.6. The first-order valence-electron chi connectivity index (χ1n) is 18.4. The Morgan fingerprint density at radius 1 is 0.946 bits per heavy atom. The van der Waals surface area contributed by atoms with E-state index < -0.39 is 91.5 Å². The zero-order valence-electron chi connectivity index (χ0n) is 31.4. The van der Waals surface area contributed by atoms with Gasteiger partial charge in [-0.05, 0) is 45.2 Å². The molecule has 0 spiro atoms. The van der Waals surface area contributed by atoms with Crippen molar-refractivity contribution in [1.29, 1.82) is 0 Å². The summed E-state index contributed by atoms with van der Waals surface area (Å²) in [6, 6.07) is -5.60. The molecule has 0 aromatic heterocycles. The van der Waals surface area contributed by atoms with Gasteiger partial charge in [-0.2, -0.15) is 0 Å². The van der Waals surface area contributed by atoms with Gasteiger partial charge in [0, 0.05) is 50.9 Å². The summed E-state index contributed by atoms with van der Waals surface area (Å²) in [4.78, 5) is 76.5. The van der Waals surface area contributed by atoms with Crippen molar-refractivity contribution in [3.63, 3.8) is 0 Å². The minimum absolute atomic E-state index is 0.00517. The topological polar surface area (TPSA) is 416 Å². The van der Waals surface area contributed by atoms with E-state index in [1.54, 1.807) is 0 Å². The van der Waals surface area contributed by atoms with E-state index in [0.29, 0.717) is 38.8 Å². The quantitative estimate of drug-likeness (QED) is 0.0301. The third-order valence-corrected chi connectivity index (χ3v) is 8.89. The van der Waals surface area contributed by atoms with E-state index in [2.05, 4.69) is 36.9 Å². The number of Topliss-reactive ketones (excluding diaryl/α,β-unsaturated/α-hetero) is 1. The zero-order chi connectivity index (χ0) is 41.9. The van der Waals surface area contributed by atoms with E-state index in [9.17, 15) is 49.2 Å². The van der Waals surface area contributed by atoms with Crippen molar-refractivity contribution >= 4 is 41.5 Å². The molecule has 1 saturated heterocycles. The second-order valence-corrected chi connectivity index (χ2v) is 13.8. The number of amides is 4. The van der Waals surface area contributed by atoms with E-state index in [4.69, 9.17) is 38.1 Å². The van der Waals surface area contributed by atoms with Crippen LogP contribution in [0, 0.1) is 0 Å². The first-order valence-corrected chi connectivity index (χ1v) is 18.4. The van der Waals surface area contributed by atoms with Crippen LogP contribution in [0.2, 0.25) is 0 Å². The summed E-state index contributed by atoms with van der Waals surface area (Å²) in [6.45, 7) is 2.03. The molecule has 320 valence electrons. The molecule has 2 rings (SSSR count). The highest BCUT2D eigenvalue weighted by molar-refractivity contribution is 5.89. The van der Waals surface area contributed by atoms with Crippen molar-refractivity contribution in [1.82, 2.24) is 31.9 Å². The summed E-state index contributed by atoms with van der Waals surface area (Å²) in [5.74, 6) is -3.08. The Labute approximate surface area is 323 Å². The number of nitrogens with zero attached hydrogens (tertiary/aromatic N) is 1. The van der Waals surface area contributed by atoms with Crippen LogP contribution in [-0.4, -0.2) is 162 Å². The first-order chi connectivity index (χ1) is 26.4. The summed E-state index contributed by atoms with van der Waals surface area (Å²) >= 11 is 0. The molecule has 0 bridgehead atoms. The molecule has 0 aromatic rings. The lowest BCUT2D eigenvalue weighted by Crippen LogP contribution is -2.69. The standard InChI is InChI=1S/C32H60N12O12/c1-15(45)40-18(5-3-9-39-21(47)11-16(34)4-2-8-38-13-19(46)10-17(35)6-7-33)12-22(48)41-25-27(50)26(49)20(14-55-31(37)54)56-29(25)44-32-42-23(28(36)51)24(43-32)30(52)53/h16-18,20,23-29,38,49-51H,2-14,33-36H2,1H3,(H2,37,54)(H,39,47)(H,40,45)(H,41,48)(H,52,53)(H2,42,43,44). The zero-order valence-corrected chi connectivity index (χ0v) is 31.4. The number of carboxylic acids is 1. The minimum atomic E-state index is -1.75. The van der Waals surface area contributed by atoms with Crippen LogP contribution in [0.5, 0.6) is 0 Å². The smallest absolute Gasteiger partial charge is 0.404 e. The molecule has 24 nitrogen and oxygen atoms in total. The van der Waals surface area contributed by atoms with E-state index in [1.165, 1.54) is 6.92 Å². The maximum atomic E-state index is 13.3. The molecule has 24 heteroatoms. The van der Waals surface area contributed by atoms with Crippen molar-refractivity contribution in [2.45, 2.75) is 125 Å². The average molecular weight is 805 g/mol. The lowest BCUT2D eigenvalue weighted by molar-refractivity contribution is -0.198. The summed E-state index contributed by atoms with van der Waals surface area (Å²) < 4.78 is 10.5. The van der Waals surface area contributed by atoms with Gasteiger partial charge in [0.2, 0.25) is 17.7 Å². The second-order valence-electron chi connectivity index (χ2n) is 13.8. The molecule has 2 aliphatic heterocycles. The fourth-order valence-electron chi connectivity index (χ4n) is 6.11. The molecule has 4 amide bonds. The van der Waals surface area contributed by atoms with E-state index >= 15 is 0 Å². The first kappa shape index (κ1) is 47.9. The monoisotopic (exact) mass is 804 g/mol. The van der Waals surface area contributed by atoms with Crippen LogP contribution >= 0.6 is 0 Å². The molecule has 0 radical (unpaired) electrons. The number of carbonyl (C=O) groups excluding carboxylic acids is 5. The Hall–Kier alpha value is -4.27. The lowest BCUT2D eigenvalue weighted by Gasteiger charge is -2.43. The van der Waals surface area contributed by atoms with Gasteiger partial charge in [-0.25, -0.2) is 14.6 Å². The van der Waals surface area contributed by atoms with Crippen molar-refractivity contribution in [2.24, 2.45) is 33.7 Å². The SMILES string of the molecule is CC(=O)NC(CCCNC(=O)CC(N)CCCNCC(=O)CC(N)CCN)CC(=O)NC1C(NC2=NC(C(=O)O)C(C(N)O)N2)OC(COC(N)=O)C(O)C1O. The predicted molar refractivity (Wildman–Crippen MR) is 198 cm³/mol. The van der Waals surface area contributed by atoms with E-state index in [1.807, 2.05) is 0 Å². The normalized spacial score (nSPS) is 25.4. The molecule has 11 atom stereocenters. The molecule has 0 saturated carbocycles. The Morgan fingerprint density at radius 3 is 2.23 bits per heavy atom. The highest BCUT2D eigenvalue weighted by Crippen LogP contribution is 2.22. The number of carboxylic acid groups (broad SMARTS) is 1. The van der Waals surface area contributed by atoms with Crippen LogP contribution in [0.15, 0.2) is 4.99 Å². The Kier molecular flexibility index (Phi) is 20.8. The van der Waals surface area contributed by atoms with Crippen LogP contribution in [0.1, 0.15) is 58.3 Å². The number of nitrogens with two attached hydrogens (primary N) is 5. The third-order valence-electron chi connectivity index (χ3n) is 8.89. The van der Waals surface area contributed by atoms with Gasteiger partial charge in [-0.15, -0.1) is 0 Å². The number of primary amides is 1. The molecule has 2 heterocycles.